The number of esters is 2. The van der Waals surface area contributed by atoms with Crippen molar-refractivity contribution in [3.05, 3.63) is 54.6 Å². The zero-order valence-electron chi connectivity index (χ0n) is 14.4. The van der Waals surface area contributed by atoms with Gasteiger partial charge in [0.2, 0.25) is 10.0 Å². The van der Waals surface area contributed by atoms with Crippen molar-refractivity contribution >= 4 is 22.0 Å². The van der Waals surface area contributed by atoms with Crippen LogP contribution < -0.4 is 0 Å². The molecule has 2 rings (SSSR count). The summed E-state index contributed by atoms with van der Waals surface area (Å²) in [6.07, 6.45) is 0. The lowest BCUT2D eigenvalue weighted by Crippen LogP contribution is -2.40. The highest BCUT2D eigenvalue weighted by molar-refractivity contribution is 7.89. The second kappa shape index (κ2) is 8.59. The van der Waals surface area contributed by atoms with Crippen molar-refractivity contribution in [2.75, 3.05) is 27.3 Å². The summed E-state index contributed by atoms with van der Waals surface area (Å²) in [5.74, 6) is -1.56. The Kier molecular flexibility index (Phi) is 6.48. The van der Waals surface area contributed by atoms with Gasteiger partial charge in [-0.15, -0.1) is 0 Å². The molecule has 0 aliphatic heterocycles. The largest absolute Gasteiger partial charge is 0.468 e. The molecular weight excluding hydrogens is 358 g/mol. The third-order valence-corrected chi connectivity index (χ3v) is 5.47. The van der Waals surface area contributed by atoms with Crippen molar-refractivity contribution in [2.24, 2.45) is 0 Å². The van der Waals surface area contributed by atoms with Gasteiger partial charge >= 0.3 is 11.9 Å². The fraction of sp³-hybridized carbons (Fsp3) is 0.222. The fourth-order valence-corrected chi connectivity index (χ4v) is 3.57. The topological polar surface area (TPSA) is 90.0 Å². The van der Waals surface area contributed by atoms with Crippen molar-refractivity contribution in [2.45, 2.75) is 4.90 Å². The van der Waals surface area contributed by atoms with Crippen LogP contribution in [-0.2, 0) is 29.1 Å². The second-order valence-electron chi connectivity index (χ2n) is 5.32. The SMILES string of the molecule is COC(=O)CN(CC(=O)OC)S(=O)(=O)c1ccc(-c2ccccc2)cc1. The standard InChI is InChI=1S/C18H19NO6S/c1-24-17(20)12-19(13-18(21)25-2)26(22,23)16-10-8-15(9-11-16)14-6-4-3-5-7-14/h3-11H,12-13H2,1-2H3. The highest BCUT2D eigenvalue weighted by Gasteiger charge is 2.29. The number of hydrogen-bond acceptors (Lipinski definition) is 6. The van der Waals surface area contributed by atoms with E-state index >= 15 is 0 Å². The van der Waals surface area contributed by atoms with Crippen LogP contribution in [0.25, 0.3) is 11.1 Å². The van der Waals surface area contributed by atoms with E-state index < -0.39 is 35.1 Å². The highest BCUT2D eigenvalue weighted by atomic mass is 32.2. The number of hydrogen-bond donors (Lipinski definition) is 0. The molecular formula is C18H19NO6S. The van der Waals surface area contributed by atoms with Gasteiger partial charge in [0.1, 0.15) is 13.1 Å². The van der Waals surface area contributed by atoms with Crippen LogP contribution in [0.1, 0.15) is 0 Å². The first kappa shape index (κ1) is 19.6. The van der Waals surface area contributed by atoms with Crippen molar-refractivity contribution in [1.29, 1.82) is 0 Å². The number of benzene rings is 2. The van der Waals surface area contributed by atoms with E-state index in [9.17, 15) is 18.0 Å². The molecule has 0 spiro atoms. The molecule has 26 heavy (non-hydrogen) atoms. The Hall–Kier alpha value is -2.71. The minimum absolute atomic E-state index is 0.0370. The Morgan fingerprint density at radius 1 is 0.808 bits per heavy atom. The van der Waals surface area contributed by atoms with Crippen LogP contribution in [-0.4, -0.2) is 52.0 Å². The van der Waals surface area contributed by atoms with E-state index in [4.69, 9.17) is 0 Å². The lowest BCUT2D eigenvalue weighted by molar-refractivity contribution is -0.143. The quantitative estimate of drug-likeness (QED) is 0.682. The number of carbonyl (C=O) groups is 2. The van der Waals surface area contributed by atoms with Crippen LogP contribution in [0.15, 0.2) is 59.5 Å². The van der Waals surface area contributed by atoms with E-state index in [-0.39, 0.29) is 4.90 Å². The second-order valence-corrected chi connectivity index (χ2v) is 7.25. The lowest BCUT2D eigenvalue weighted by Gasteiger charge is -2.20. The van der Waals surface area contributed by atoms with Crippen LogP contribution >= 0.6 is 0 Å². The van der Waals surface area contributed by atoms with Gasteiger partial charge in [-0.2, -0.15) is 4.31 Å². The molecule has 0 aliphatic carbocycles. The average Bonchev–Trinajstić information content (AvgIpc) is 2.67. The first-order valence-corrected chi connectivity index (χ1v) is 9.11. The Labute approximate surface area is 152 Å². The lowest BCUT2D eigenvalue weighted by atomic mass is 10.1. The van der Waals surface area contributed by atoms with Crippen molar-refractivity contribution in [1.82, 2.24) is 4.31 Å². The molecule has 0 bridgehead atoms. The zero-order valence-corrected chi connectivity index (χ0v) is 15.2. The number of nitrogens with zero attached hydrogens (tertiary/aromatic N) is 1. The van der Waals surface area contributed by atoms with E-state index in [0.717, 1.165) is 29.7 Å². The summed E-state index contributed by atoms with van der Waals surface area (Å²) >= 11 is 0. The minimum atomic E-state index is -4.08. The van der Waals surface area contributed by atoms with E-state index in [1.54, 1.807) is 12.1 Å². The maximum atomic E-state index is 12.8. The number of ether oxygens (including phenoxy) is 2. The van der Waals surface area contributed by atoms with Gasteiger partial charge in [0.05, 0.1) is 19.1 Å². The summed E-state index contributed by atoms with van der Waals surface area (Å²) in [6.45, 7) is -1.18. The molecule has 0 unspecified atom stereocenters. The molecule has 138 valence electrons. The van der Waals surface area contributed by atoms with Gasteiger partial charge < -0.3 is 9.47 Å². The van der Waals surface area contributed by atoms with Crippen LogP contribution in [0.3, 0.4) is 0 Å². The molecule has 0 heterocycles. The molecule has 0 amide bonds. The molecule has 0 fully saturated rings. The molecule has 0 saturated carbocycles. The number of sulfonamides is 1. The Morgan fingerprint density at radius 2 is 1.27 bits per heavy atom. The average molecular weight is 377 g/mol. The molecule has 8 heteroatoms. The Bertz CT molecular complexity index is 844. The van der Waals surface area contributed by atoms with Gasteiger partial charge in [-0.25, -0.2) is 8.42 Å². The van der Waals surface area contributed by atoms with Crippen LogP contribution in [0.2, 0.25) is 0 Å². The summed E-state index contributed by atoms with van der Waals surface area (Å²) in [7, 11) is -1.80. The normalized spacial score (nSPS) is 11.2. The molecule has 0 atom stereocenters. The summed E-state index contributed by atoms with van der Waals surface area (Å²) in [5.41, 5.74) is 1.79. The van der Waals surface area contributed by atoms with Gasteiger partial charge in [0.15, 0.2) is 0 Å². The van der Waals surface area contributed by atoms with Gasteiger partial charge in [0.25, 0.3) is 0 Å². The van der Waals surface area contributed by atoms with E-state index in [0.29, 0.717) is 0 Å². The maximum Gasteiger partial charge on any atom is 0.321 e. The molecule has 0 N–H and O–H groups in total. The number of methoxy groups -OCH3 is 2. The highest BCUT2D eigenvalue weighted by Crippen LogP contribution is 2.23. The third kappa shape index (κ3) is 4.68. The van der Waals surface area contributed by atoms with E-state index in [1.165, 1.54) is 12.1 Å². The van der Waals surface area contributed by atoms with E-state index in [2.05, 4.69) is 9.47 Å². The zero-order chi connectivity index (χ0) is 19.2. The van der Waals surface area contributed by atoms with Gasteiger partial charge in [-0.05, 0) is 23.3 Å². The molecule has 2 aromatic rings. The van der Waals surface area contributed by atoms with Crippen LogP contribution in [0.5, 0.6) is 0 Å². The minimum Gasteiger partial charge on any atom is -0.468 e. The first-order chi connectivity index (χ1) is 12.4. The van der Waals surface area contributed by atoms with E-state index in [1.807, 2.05) is 30.3 Å². The molecule has 0 saturated heterocycles. The van der Waals surface area contributed by atoms with Crippen LogP contribution in [0, 0.1) is 0 Å². The smallest absolute Gasteiger partial charge is 0.321 e. The van der Waals surface area contributed by atoms with Crippen molar-refractivity contribution in [3.63, 3.8) is 0 Å². The predicted octanol–water partition coefficient (Wildman–Crippen LogP) is 1.69. The number of carbonyl (C=O) groups excluding carboxylic acids is 2. The molecule has 2 aromatic carbocycles. The molecule has 0 aromatic heterocycles. The summed E-state index contributed by atoms with van der Waals surface area (Å²) < 4.78 is 35.3. The predicted molar refractivity (Wildman–Crippen MR) is 94.7 cm³/mol. The monoisotopic (exact) mass is 377 g/mol. The summed E-state index contributed by atoms with van der Waals surface area (Å²) in [6, 6.07) is 15.7. The molecule has 0 aliphatic rings. The molecule has 0 radical (unpaired) electrons. The Balaban J connectivity index is 2.32. The fourth-order valence-electron chi connectivity index (χ4n) is 2.24. The summed E-state index contributed by atoms with van der Waals surface area (Å²) in [4.78, 5) is 23.0. The molecule has 7 nitrogen and oxygen atoms in total. The van der Waals surface area contributed by atoms with Crippen LogP contribution in [0.4, 0.5) is 0 Å². The third-order valence-electron chi connectivity index (χ3n) is 3.67. The van der Waals surface area contributed by atoms with Gasteiger partial charge in [-0.3, -0.25) is 9.59 Å². The van der Waals surface area contributed by atoms with Gasteiger partial charge in [-0.1, -0.05) is 42.5 Å². The van der Waals surface area contributed by atoms with Crippen molar-refractivity contribution < 1.29 is 27.5 Å². The van der Waals surface area contributed by atoms with Gasteiger partial charge in [0, 0.05) is 0 Å². The number of rotatable bonds is 7. The van der Waals surface area contributed by atoms with Crippen molar-refractivity contribution in [3.8, 4) is 11.1 Å². The maximum absolute atomic E-state index is 12.8. The Morgan fingerprint density at radius 3 is 1.73 bits per heavy atom. The summed E-state index contributed by atoms with van der Waals surface area (Å²) in [5, 5.41) is 0. The first-order valence-electron chi connectivity index (χ1n) is 7.67.